The normalized spacial score (nSPS) is 31.9. The van der Waals surface area contributed by atoms with Gasteiger partial charge in [-0.1, -0.05) is 80.6 Å². The minimum atomic E-state index is -2.39. The van der Waals surface area contributed by atoms with E-state index in [2.05, 4.69) is 5.32 Å². The number of Topliss-reactive ketones (excluding diaryl/α,β-unsaturated/α-hetero) is 1. The zero-order chi connectivity index (χ0) is 44.9. The number of benzene rings is 3. The van der Waals surface area contributed by atoms with Crippen molar-refractivity contribution in [3.05, 3.63) is 119 Å². The van der Waals surface area contributed by atoms with Crippen LogP contribution in [0.4, 0.5) is 0 Å². The summed E-state index contributed by atoms with van der Waals surface area (Å²) in [4.78, 5) is 83.5. The van der Waals surface area contributed by atoms with Gasteiger partial charge in [-0.25, -0.2) is 9.59 Å². The average molecular weight is 853 g/mol. The number of carbonyl (C=O) groups excluding carboxylic acids is 6. The van der Waals surface area contributed by atoms with E-state index in [1.54, 1.807) is 92.7 Å². The summed E-state index contributed by atoms with van der Waals surface area (Å²) in [5.74, 6) is -6.84. The Morgan fingerprint density at radius 1 is 0.823 bits per heavy atom. The summed E-state index contributed by atoms with van der Waals surface area (Å²) in [6.07, 6.45) is -10.5. The van der Waals surface area contributed by atoms with Gasteiger partial charge < -0.3 is 44.3 Å². The van der Waals surface area contributed by atoms with Crippen LogP contribution in [0.1, 0.15) is 86.7 Å². The third-order valence-electron chi connectivity index (χ3n) is 13.5. The Morgan fingerprint density at radius 2 is 1.40 bits per heavy atom. The minimum Gasteiger partial charge on any atom is -0.456 e. The van der Waals surface area contributed by atoms with Crippen molar-refractivity contribution in [3.63, 3.8) is 0 Å². The van der Waals surface area contributed by atoms with E-state index in [9.17, 15) is 39.3 Å². The third-order valence-corrected chi connectivity index (χ3v) is 13.5. The van der Waals surface area contributed by atoms with Gasteiger partial charge in [0.25, 0.3) is 5.91 Å². The molecule has 4 N–H and O–H groups in total. The van der Waals surface area contributed by atoms with Crippen LogP contribution >= 0.6 is 0 Å². The molecule has 1 aliphatic heterocycles. The highest BCUT2D eigenvalue weighted by Gasteiger charge is 2.78. The molecule has 3 fully saturated rings. The van der Waals surface area contributed by atoms with Crippen molar-refractivity contribution in [2.24, 2.45) is 16.7 Å². The lowest BCUT2D eigenvalue weighted by Crippen LogP contribution is -2.82. The average Bonchev–Trinajstić information content (AvgIpc) is 3.24. The van der Waals surface area contributed by atoms with Gasteiger partial charge in [-0.3, -0.25) is 19.2 Å². The van der Waals surface area contributed by atoms with Gasteiger partial charge in [0.15, 0.2) is 23.6 Å². The summed E-state index contributed by atoms with van der Waals surface area (Å²) in [5, 5.41) is 40.2. The maximum absolute atomic E-state index is 15.5. The van der Waals surface area contributed by atoms with Crippen LogP contribution < -0.4 is 5.32 Å². The SMILES string of the molecule is CC(=O)O[C@@]12CO[C@@H]1C[C@H](O)[C@@]1(C)C(=O)[C@H](OC([11CH3])=O)C3=C(C)[C@@H](OC(=O)[C@H](O)[C@@H](NC(=O)c4ccccc4)c4ccccc4)C[C@@](O)(C(OC(=O)c4ccccc4)C12)C3(C)C. The Hall–Kier alpha value is -5.74. The van der Waals surface area contributed by atoms with E-state index in [1.165, 1.54) is 26.0 Å². The van der Waals surface area contributed by atoms with Gasteiger partial charge in [-0.2, -0.15) is 0 Å². The molecule has 11 atom stereocenters. The molecule has 62 heavy (non-hydrogen) atoms. The predicted molar refractivity (Wildman–Crippen MR) is 218 cm³/mol. The Balaban J connectivity index is 1.39. The smallest absolute Gasteiger partial charge is 0.338 e. The Labute approximate surface area is 358 Å². The number of esters is 4. The molecule has 15 nitrogen and oxygen atoms in total. The topological polar surface area (TPSA) is 221 Å². The van der Waals surface area contributed by atoms with Crippen molar-refractivity contribution in [2.45, 2.75) is 108 Å². The molecule has 2 unspecified atom stereocenters. The molecule has 0 aromatic heterocycles. The summed E-state index contributed by atoms with van der Waals surface area (Å²) in [5.41, 5.74) is -7.02. The molecule has 0 spiro atoms. The lowest BCUT2D eigenvalue weighted by Gasteiger charge is -2.67. The minimum absolute atomic E-state index is 0.00289. The molecule has 1 saturated heterocycles. The third kappa shape index (κ3) is 7.29. The van der Waals surface area contributed by atoms with E-state index >= 15 is 4.79 Å². The zero-order valence-electron chi connectivity index (χ0n) is 35.2. The van der Waals surface area contributed by atoms with Crippen molar-refractivity contribution in [1.29, 1.82) is 0 Å². The molecular formula is C47H51NO14. The van der Waals surface area contributed by atoms with E-state index in [0.717, 1.165) is 13.8 Å². The molecule has 3 aliphatic carbocycles. The summed E-state index contributed by atoms with van der Waals surface area (Å²) >= 11 is 0. The second-order valence-corrected chi connectivity index (χ2v) is 17.4. The fraction of sp³-hybridized carbons (Fsp3) is 0.447. The fourth-order valence-corrected chi connectivity index (χ4v) is 10.2. The first kappa shape index (κ1) is 44.3. The molecule has 3 aromatic rings. The van der Waals surface area contributed by atoms with Crippen molar-refractivity contribution >= 4 is 35.6 Å². The molecule has 4 aliphatic rings. The second kappa shape index (κ2) is 16.5. The predicted octanol–water partition coefficient (Wildman–Crippen LogP) is 3.74. The molecular weight excluding hydrogens is 802 g/mol. The lowest BCUT2D eigenvalue weighted by atomic mass is 9.44. The maximum Gasteiger partial charge on any atom is 0.338 e. The van der Waals surface area contributed by atoms with Crippen LogP contribution in [0.3, 0.4) is 0 Å². The van der Waals surface area contributed by atoms with Crippen LogP contribution in [0.15, 0.2) is 102 Å². The van der Waals surface area contributed by atoms with Gasteiger partial charge in [0.1, 0.15) is 23.9 Å². The van der Waals surface area contributed by atoms with Crippen LogP contribution in [0.2, 0.25) is 0 Å². The van der Waals surface area contributed by atoms with Crippen LogP contribution in [-0.4, -0.2) is 105 Å². The Morgan fingerprint density at radius 3 is 1.95 bits per heavy atom. The number of hydrogen-bond donors (Lipinski definition) is 4. The quantitative estimate of drug-likeness (QED) is 0.130. The summed E-state index contributed by atoms with van der Waals surface area (Å²) in [6.45, 7) is 7.97. The highest BCUT2D eigenvalue weighted by Crippen LogP contribution is 2.64. The Kier molecular flexibility index (Phi) is 11.8. The van der Waals surface area contributed by atoms with Crippen molar-refractivity contribution in [2.75, 3.05) is 6.61 Å². The largest absolute Gasteiger partial charge is 0.456 e. The van der Waals surface area contributed by atoms with Gasteiger partial charge >= 0.3 is 23.9 Å². The van der Waals surface area contributed by atoms with Crippen molar-refractivity contribution < 1.29 is 67.8 Å². The molecule has 2 saturated carbocycles. The molecule has 0 radical (unpaired) electrons. The van der Waals surface area contributed by atoms with E-state index < -0.39 is 113 Å². The van der Waals surface area contributed by atoms with Gasteiger partial charge in [0.05, 0.1) is 35.6 Å². The number of aliphatic hydroxyl groups excluding tert-OH is 2. The molecule has 2 bridgehead atoms. The first-order chi connectivity index (χ1) is 29.3. The monoisotopic (exact) mass is 852 g/mol. The molecule has 1 heterocycles. The number of nitrogens with one attached hydrogen (secondary N) is 1. The standard InChI is InChI=1S/C47H51NO14/c1-25-31(60-43(56)36(52)35(28-16-10-7-11-17-28)48-41(54)29-18-12-8-13-19-29)23-47(57)40(61-42(55)30-20-14-9-15-21-30)38-45(6,32(51)22-33-46(38,24-58-33)62-27(3)50)39(53)37(59-26(2)49)34(25)44(47,4)5/h7-21,31-33,35-38,40,51-52,57H,22-24H2,1-6H3,(H,48,54)/t31-,32-,33+,35-,36+,37+,38?,40?,45+,46-,47+/m0/s1/i2-1. The number of ether oxygens (including phenoxy) is 5. The first-order valence-electron chi connectivity index (χ1n) is 20.5. The van der Waals surface area contributed by atoms with Gasteiger partial charge in [-0.05, 0) is 54.8 Å². The van der Waals surface area contributed by atoms with E-state index in [-0.39, 0.29) is 35.3 Å². The van der Waals surface area contributed by atoms with Crippen LogP contribution in [0, 0.1) is 16.7 Å². The molecule has 328 valence electrons. The van der Waals surface area contributed by atoms with E-state index in [4.69, 9.17) is 23.7 Å². The lowest BCUT2D eigenvalue weighted by molar-refractivity contribution is -0.346. The van der Waals surface area contributed by atoms with Crippen LogP contribution in [0.5, 0.6) is 0 Å². The number of hydrogen-bond acceptors (Lipinski definition) is 14. The first-order valence-corrected chi connectivity index (χ1v) is 20.5. The Bertz CT molecular complexity index is 2280. The summed E-state index contributed by atoms with van der Waals surface area (Å²) < 4.78 is 30.3. The van der Waals surface area contributed by atoms with Gasteiger partial charge in [0, 0.05) is 37.7 Å². The number of aliphatic hydroxyl groups is 3. The number of amides is 1. The number of fused-ring (bicyclic) bond motifs is 5. The number of ketones is 1. The van der Waals surface area contributed by atoms with E-state index in [0.29, 0.717) is 5.56 Å². The summed E-state index contributed by atoms with van der Waals surface area (Å²) in [6, 6.07) is 22.9. The molecule has 7 rings (SSSR count). The number of carbonyl (C=O) groups is 6. The number of rotatable bonds is 10. The summed E-state index contributed by atoms with van der Waals surface area (Å²) in [7, 11) is 0. The zero-order valence-corrected chi connectivity index (χ0v) is 35.2. The molecule has 1 amide bonds. The van der Waals surface area contributed by atoms with Gasteiger partial charge in [-0.15, -0.1) is 0 Å². The van der Waals surface area contributed by atoms with Crippen LogP contribution in [-0.2, 0) is 42.9 Å². The second-order valence-electron chi connectivity index (χ2n) is 17.4. The van der Waals surface area contributed by atoms with Gasteiger partial charge in [0.2, 0.25) is 0 Å². The highest BCUT2D eigenvalue weighted by atomic mass is 16.6. The fourth-order valence-electron chi connectivity index (χ4n) is 10.2. The van der Waals surface area contributed by atoms with E-state index in [1.807, 2.05) is 0 Å². The molecule has 15 heteroatoms. The van der Waals surface area contributed by atoms with Crippen molar-refractivity contribution in [1.82, 2.24) is 5.32 Å². The van der Waals surface area contributed by atoms with Crippen molar-refractivity contribution in [3.8, 4) is 0 Å². The highest BCUT2D eigenvalue weighted by molar-refractivity contribution is 5.96. The molecule has 3 aromatic carbocycles. The maximum atomic E-state index is 15.5. The van der Waals surface area contributed by atoms with Crippen LogP contribution in [0.25, 0.3) is 0 Å².